The van der Waals surface area contributed by atoms with Gasteiger partial charge in [-0.05, 0) is 31.2 Å². The molecule has 1 aliphatic heterocycles. The summed E-state index contributed by atoms with van der Waals surface area (Å²) in [5.41, 5.74) is -4.66. The van der Waals surface area contributed by atoms with E-state index in [2.05, 4.69) is 0 Å². The lowest BCUT2D eigenvalue weighted by Crippen LogP contribution is -2.42. The second-order valence-electron chi connectivity index (χ2n) is 5.50. The van der Waals surface area contributed by atoms with Gasteiger partial charge in [-0.15, -0.1) is 0 Å². The van der Waals surface area contributed by atoms with Crippen LogP contribution in [-0.2, 0) is 15.5 Å². The summed E-state index contributed by atoms with van der Waals surface area (Å²) in [5.74, 6) is -6.74. The van der Waals surface area contributed by atoms with Gasteiger partial charge >= 0.3 is 18.1 Å². The number of halogens is 7. The fourth-order valence-corrected chi connectivity index (χ4v) is 2.32. The van der Waals surface area contributed by atoms with E-state index in [0.717, 1.165) is 0 Å². The monoisotopic (exact) mass is 386 g/mol. The number of fused-ring (bicyclic) bond motifs is 1. The lowest BCUT2D eigenvalue weighted by atomic mass is 9.91. The second kappa shape index (κ2) is 6.81. The highest BCUT2D eigenvalue weighted by molar-refractivity contribution is 6.18. The van der Waals surface area contributed by atoms with Crippen molar-refractivity contribution in [1.29, 1.82) is 0 Å². The average Bonchev–Trinajstić information content (AvgIpc) is 2.59. The lowest BCUT2D eigenvalue weighted by Gasteiger charge is -2.33. The third-order valence-electron chi connectivity index (χ3n) is 3.66. The molecule has 144 valence electrons. The van der Waals surface area contributed by atoms with E-state index >= 15 is 0 Å². The predicted octanol–water partition coefficient (Wildman–Crippen LogP) is 4.36. The maximum atomic E-state index is 13.6. The van der Waals surface area contributed by atoms with Gasteiger partial charge in [0.15, 0.2) is 5.60 Å². The van der Waals surface area contributed by atoms with Crippen LogP contribution in [0.5, 0.6) is 5.75 Å². The molecule has 0 unspecified atom stereocenters. The van der Waals surface area contributed by atoms with Crippen molar-refractivity contribution in [3.05, 3.63) is 35.4 Å². The van der Waals surface area contributed by atoms with Gasteiger partial charge in [0.2, 0.25) is 0 Å². The summed E-state index contributed by atoms with van der Waals surface area (Å²) in [7, 11) is 0. The minimum Gasteiger partial charge on any atom is -0.477 e. The van der Waals surface area contributed by atoms with Gasteiger partial charge in [0.05, 0.1) is 12.2 Å². The lowest BCUT2D eigenvalue weighted by molar-refractivity contribution is -0.289. The SMILES string of the molecule is CCOC(=O)C1=CC(CF)(CF)Oc2ccc(C(F)(F)C(F)(F)F)cc21. The number of esters is 1. The quantitative estimate of drug-likeness (QED) is 0.557. The fourth-order valence-electron chi connectivity index (χ4n) is 2.32. The van der Waals surface area contributed by atoms with Gasteiger partial charge in [0, 0.05) is 11.1 Å². The van der Waals surface area contributed by atoms with Crippen LogP contribution >= 0.6 is 0 Å². The van der Waals surface area contributed by atoms with Crippen molar-refractivity contribution >= 4 is 11.5 Å². The standard InChI is InChI=1S/C16H13F7O3/c1-2-25-13(24)11-6-14(7-17,8-18)26-12-4-3-9(5-10(11)12)15(19,20)16(21,22)23/h3-6H,2,7-8H2,1H3. The van der Waals surface area contributed by atoms with Gasteiger partial charge in [-0.3, -0.25) is 0 Å². The molecular weight excluding hydrogens is 373 g/mol. The van der Waals surface area contributed by atoms with Crippen LogP contribution in [0, 0.1) is 0 Å². The predicted molar refractivity (Wildman–Crippen MR) is 76.3 cm³/mol. The molecule has 1 heterocycles. The Morgan fingerprint density at radius 1 is 1.15 bits per heavy atom. The van der Waals surface area contributed by atoms with Crippen molar-refractivity contribution < 1.29 is 45.0 Å². The minimum atomic E-state index is -5.87. The van der Waals surface area contributed by atoms with Crippen LogP contribution in [0.25, 0.3) is 5.57 Å². The van der Waals surface area contributed by atoms with Crippen LogP contribution in [0.4, 0.5) is 30.7 Å². The van der Waals surface area contributed by atoms with E-state index in [1.165, 1.54) is 6.92 Å². The highest BCUT2D eigenvalue weighted by Crippen LogP contribution is 2.46. The molecule has 0 atom stereocenters. The molecule has 0 saturated heterocycles. The van der Waals surface area contributed by atoms with Crippen LogP contribution < -0.4 is 4.74 Å². The summed E-state index contributed by atoms with van der Waals surface area (Å²) in [4.78, 5) is 12.0. The zero-order valence-electron chi connectivity index (χ0n) is 13.3. The van der Waals surface area contributed by atoms with Gasteiger partial charge < -0.3 is 9.47 Å². The number of hydrogen-bond donors (Lipinski definition) is 0. The molecule has 0 bridgehead atoms. The van der Waals surface area contributed by atoms with E-state index in [1.54, 1.807) is 0 Å². The third kappa shape index (κ3) is 3.36. The summed E-state index contributed by atoms with van der Waals surface area (Å²) >= 11 is 0. The zero-order valence-corrected chi connectivity index (χ0v) is 13.3. The van der Waals surface area contributed by atoms with Crippen molar-refractivity contribution in [2.45, 2.75) is 24.6 Å². The number of carbonyl (C=O) groups is 1. The molecular formula is C16H13F7O3. The molecule has 0 N–H and O–H groups in total. The van der Waals surface area contributed by atoms with E-state index in [4.69, 9.17) is 9.47 Å². The molecule has 2 rings (SSSR count). The Labute approximate surface area is 143 Å². The Morgan fingerprint density at radius 3 is 2.27 bits per heavy atom. The second-order valence-corrected chi connectivity index (χ2v) is 5.50. The number of alkyl halides is 7. The van der Waals surface area contributed by atoms with E-state index in [1.807, 2.05) is 0 Å². The maximum absolute atomic E-state index is 13.6. The van der Waals surface area contributed by atoms with Crippen molar-refractivity contribution in [3.63, 3.8) is 0 Å². The van der Waals surface area contributed by atoms with Gasteiger partial charge in [0.25, 0.3) is 0 Å². The van der Waals surface area contributed by atoms with Gasteiger partial charge in [-0.2, -0.15) is 22.0 Å². The summed E-state index contributed by atoms with van der Waals surface area (Å²) in [6.07, 6.45) is -5.17. The third-order valence-corrected chi connectivity index (χ3v) is 3.66. The molecule has 0 amide bonds. The van der Waals surface area contributed by atoms with Crippen molar-refractivity contribution in [1.82, 2.24) is 0 Å². The summed E-state index contributed by atoms with van der Waals surface area (Å²) in [6, 6.07) is 1.52. The number of rotatable bonds is 5. The Hall–Kier alpha value is -2.26. The smallest absolute Gasteiger partial charge is 0.458 e. The molecule has 1 aromatic rings. The number of hydrogen-bond acceptors (Lipinski definition) is 3. The largest absolute Gasteiger partial charge is 0.477 e. The van der Waals surface area contributed by atoms with E-state index in [9.17, 15) is 35.5 Å². The molecule has 1 aliphatic rings. The van der Waals surface area contributed by atoms with Crippen LogP contribution in [0.3, 0.4) is 0 Å². The molecule has 0 spiro atoms. The molecule has 0 aromatic heterocycles. The fraction of sp³-hybridized carbons (Fsp3) is 0.438. The molecule has 0 fully saturated rings. The number of ether oxygens (including phenoxy) is 2. The highest BCUT2D eigenvalue weighted by Gasteiger charge is 2.59. The van der Waals surface area contributed by atoms with Crippen molar-refractivity contribution in [2.75, 3.05) is 20.0 Å². The van der Waals surface area contributed by atoms with Crippen LogP contribution in [0.1, 0.15) is 18.1 Å². The van der Waals surface area contributed by atoms with E-state index in [-0.39, 0.29) is 6.61 Å². The van der Waals surface area contributed by atoms with Crippen molar-refractivity contribution in [3.8, 4) is 5.75 Å². The molecule has 10 heteroatoms. The number of carbonyl (C=O) groups excluding carboxylic acids is 1. The highest BCUT2D eigenvalue weighted by atomic mass is 19.4. The summed E-state index contributed by atoms with van der Waals surface area (Å²) < 4.78 is 101. The minimum absolute atomic E-state index is 0.150. The zero-order chi connectivity index (χ0) is 19.8. The Balaban J connectivity index is 2.63. The normalized spacial score (nSPS) is 16.4. The topological polar surface area (TPSA) is 35.5 Å². The van der Waals surface area contributed by atoms with Gasteiger partial charge in [-0.1, -0.05) is 0 Å². The molecule has 0 saturated carbocycles. The van der Waals surface area contributed by atoms with Crippen LogP contribution in [0.15, 0.2) is 24.3 Å². The Kier molecular flexibility index (Phi) is 5.25. The van der Waals surface area contributed by atoms with Crippen LogP contribution in [-0.4, -0.2) is 37.7 Å². The van der Waals surface area contributed by atoms with Gasteiger partial charge in [0.1, 0.15) is 19.1 Å². The Morgan fingerprint density at radius 2 is 1.77 bits per heavy atom. The van der Waals surface area contributed by atoms with E-state index < -0.39 is 59.5 Å². The molecule has 1 aromatic carbocycles. The molecule has 3 nitrogen and oxygen atoms in total. The number of benzene rings is 1. The first-order valence-corrected chi connectivity index (χ1v) is 7.31. The first kappa shape index (κ1) is 20.1. The Bertz CT molecular complexity index is 721. The average molecular weight is 386 g/mol. The van der Waals surface area contributed by atoms with E-state index in [0.29, 0.717) is 24.3 Å². The summed E-state index contributed by atoms with van der Waals surface area (Å²) in [6.45, 7) is -1.52. The van der Waals surface area contributed by atoms with Crippen molar-refractivity contribution in [2.24, 2.45) is 0 Å². The summed E-state index contributed by atoms with van der Waals surface area (Å²) in [5, 5.41) is 0. The van der Waals surface area contributed by atoms with Gasteiger partial charge in [-0.25, -0.2) is 13.6 Å². The molecule has 0 radical (unpaired) electrons. The van der Waals surface area contributed by atoms with Crippen LogP contribution in [0.2, 0.25) is 0 Å². The first-order chi connectivity index (χ1) is 12.0. The maximum Gasteiger partial charge on any atom is 0.458 e. The molecule has 0 aliphatic carbocycles. The molecule has 26 heavy (non-hydrogen) atoms. The first-order valence-electron chi connectivity index (χ1n) is 7.31.